The van der Waals surface area contributed by atoms with Gasteiger partial charge in [0.1, 0.15) is 0 Å². The van der Waals surface area contributed by atoms with Crippen molar-refractivity contribution in [3.8, 4) is 11.9 Å². The monoisotopic (exact) mass is 162 g/mol. The van der Waals surface area contributed by atoms with Gasteiger partial charge in [-0.1, -0.05) is 6.07 Å². The van der Waals surface area contributed by atoms with Crippen LogP contribution in [0.1, 0.15) is 11.3 Å². The lowest BCUT2D eigenvalue weighted by molar-refractivity contribution is 0.392. The van der Waals surface area contributed by atoms with Crippen LogP contribution in [-0.2, 0) is 6.42 Å². The summed E-state index contributed by atoms with van der Waals surface area (Å²) in [5, 5.41) is 8.48. The number of methoxy groups -OCH3 is 1. The minimum atomic E-state index is 0.344. The fraction of sp³-hybridized carbons (Fsp3) is 0.333. The lowest BCUT2D eigenvalue weighted by Crippen LogP contribution is -1.95. The number of hydrogen-bond donors (Lipinski definition) is 0. The summed E-state index contributed by atoms with van der Waals surface area (Å²) < 4.78 is 5.02. The smallest absolute Gasteiger partial charge is 0.217 e. The van der Waals surface area contributed by atoms with Gasteiger partial charge in [0, 0.05) is 11.3 Å². The van der Waals surface area contributed by atoms with Crippen molar-refractivity contribution in [2.45, 2.75) is 13.3 Å². The summed E-state index contributed by atoms with van der Waals surface area (Å²) in [5.74, 6) is 0.552. The topological polar surface area (TPSA) is 45.9 Å². The molecule has 0 aliphatic rings. The Kier molecular flexibility index (Phi) is 2.65. The molecule has 62 valence electrons. The molecule has 0 N–H and O–H groups in total. The lowest BCUT2D eigenvalue weighted by atomic mass is 10.2. The number of aromatic nitrogens is 1. The maximum atomic E-state index is 8.48. The van der Waals surface area contributed by atoms with Crippen molar-refractivity contribution in [3.63, 3.8) is 0 Å². The number of hydrogen-bond acceptors (Lipinski definition) is 3. The molecule has 1 aromatic rings. The second kappa shape index (κ2) is 3.72. The zero-order chi connectivity index (χ0) is 8.97. The first kappa shape index (κ1) is 8.54. The number of nitriles is 1. The largest absolute Gasteiger partial charge is 0.481 e. The number of nitrogens with zero attached hydrogens (tertiary/aromatic N) is 2. The summed E-state index contributed by atoms with van der Waals surface area (Å²) in [6.07, 6.45) is 0.344. The Bertz CT molecular complexity index is 315. The lowest BCUT2D eigenvalue weighted by Gasteiger charge is -2.04. The van der Waals surface area contributed by atoms with Crippen LogP contribution in [0.15, 0.2) is 12.1 Å². The molecule has 0 saturated carbocycles. The van der Waals surface area contributed by atoms with Crippen LogP contribution in [0.4, 0.5) is 0 Å². The Balaban J connectivity index is 3.04. The number of rotatable bonds is 2. The van der Waals surface area contributed by atoms with Gasteiger partial charge in [-0.3, -0.25) is 0 Å². The molecule has 0 atom stereocenters. The molecule has 0 aromatic carbocycles. The van der Waals surface area contributed by atoms with Gasteiger partial charge in [0.2, 0.25) is 5.88 Å². The van der Waals surface area contributed by atoms with E-state index in [0.717, 1.165) is 11.3 Å². The molecule has 1 heterocycles. The molecular formula is C9H10N2O. The first-order valence-corrected chi connectivity index (χ1v) is 3.65. The average molecular weight is 162 g/mol. The first-order valence-electron chi connectivity index (χ1n) is 3.65. The molecule has 0 aliphatic carbocycles. The molecule has 1 aromatic heterocycles. The Morgan fingerprint density at radius 1 is 1.58 bits per heavy atom. The van der Waals surface area contributed by atoms with E-state index in [2.05, 4.69) is 11.1 Å². The highest BCUT2D eigenvalue weighted by Crippen LogP contribution is 2.15. The molecule has 0 unspecified atom stereocenters. The van der Waals surface area contributed by atoms with Crippen LogP contribution in [0.3, 0.4) is 0 Å². The zero-order valence-electron chi connectivity index (χ0n) is 7.16. The van der Waals surface area contributed by atoms with E-state index in [1.165, 1.54) is 0 Å². The Morgan fingerprint density at radius 2 is 2.33 bits per heavy atom. The van der Waals surface area contributed by atoms with E-state index < -0.39 is 0 Å². The summed E-state index contributed by atoms with van der Waals surface area (Å²) in [7, 11) is 1.56. The molecule has 0 saturated heterocycles. The van der Waals surface area contributed by atoms with Gasteiger partial charge in [-0.05, 0) is 13.0 Å². The standard InChI is InChI=1S/C9H10N2O/c1-7-3-4-8(5-6-10)9(11-7)12-2/h3-4H,5H2,1-2H3. The number of ether oxygens (including phenoxy) is 1. The van der Waals surface area contributed by atoms with Crippen molar-refractivity contribution in [2.75, 3.05) is 7.11 Å². The van der Waals surface area contributed by atoms with E-state index in [-0.39, 0.29) is 0 Å². The molecule has 0 fully saturated rings. The van der Waals surface area contributed by atoms with Crippen LogP contribution in [0.2, 0.25) is 0 Å². The molecule has 0 amide bonds. The fourth-order valence-electron chi connectivity index (χ4n) is 0.958. The second-order valence-corrected chi connectivity index (χ2v) is 2.46. The van der Waals surface area contributed by atoms with E-state index >= 15 is 0 Å². The van der Waals surface area contributed by atoms with Crippen molar-refractivity contribution in [1.29, 1.82) is 5.26 Å². The SMILES string of the molecule is COc1nc(C)ccc1CC#N. The summed E-state index contributed by atoms with van der Waals surface area (Å²) >= 11 is 0. The van der Waals surface area contributed by atoms with Crippen molar-refractivity contribution < 1.29 is 4.74 Å². The molecule has 1 rings (SSSR count). The quantitative estimate of drug-likeness (QED) is 0.661. The highest BCUT2D eigenvalue weighted by atomic mass is 16.5. The molecule has 12 heavy (non-hydrogen) atoms. The number of aryl methyl sites for hydroxylation is 1. The molecular weight excluding hydrogens is 152 g/mol. The van der Waals surface area contributed by atoms with E-state index in [1.807, 2.05) is 19.1 Å². The molecule has 0 bridgehead atoms. The van der Waals surface area contributed by atoms with Crippen LogP contribution in [0, 0.1) is 18.3 Å². The fourth-order valence-corrected chi connectivity index (χ4v) is 0.958. The van der Waals surface area contributed by atoms with Gasteiger partial charge < -0.3 is 4.74 Å². The minimum absolute atomic E-state index is 0.344. The highest BCUT2D eigenvalue weighted by Gasteiger charge is 2.02. The Hall–Kier alpha value is -1.56. The predicted molar refractivity (Wildman–Crippen MR) is 44.8 cm³/mol. The Labute approximate surface area is 71.6 Å². The molecule has 3 nitrogen and oxygen atoms in total. The zero-order valence-corrected chi connectivity index (χ0v) is 7.16. The van der Waals surface area contributed by atoms with Gasteiger partial charge >= 0.3 is 0 Å². The van der Waals surface area contributed by atoms with Gasteiger partial charge in [-0.2, -0.15) is 5.26 Å². The summed E-state index contributed by atoms with van der Waals surface area (Å²) in [6, 6.07) is 5.79. The predicted octanol–water partition coefficient (Wildman–Crippen LogP) is 1.46. The third kappa shape index (κ3) is 1.73. The van der Waals surface area contributed by atoms with Crippen molar-refractivity contribution in [2.24, 2.45) is 0 Å². The highest BCUT2D eigenvalue weighted by molar-refractivity contribution is 5.30. The van der Waals surface area contributed by atoms with Gasteiger partial charge in [-0.15, -0.1) is 0 Å². The third-order valence-corrected chi connectivity index (χ3v) is 1.54. The van der Waals surface area contributed by atoms with Gasteiger partial charge in [-0.25, -0.2) is 4.98 Å². The summed E-state index contributed by atoms with van der Waals surface area (Å²) in [4.78, 5) is 4.14. The van der Waals surface area contributed by atoms with Crippen LogP contribution < -0.4 is 4.74 Å². The third-order valence-electron chi connectivity index (χ3n) is 1.54. The summed E-state index contributed by atoms with van der Waals surface area (Å²) in [5.41, 5.74) is 1.74. The molecule has 0 radical (unpaired) electrons. The van der Waals surface area contributed by atoms with Gasteiger partial charge in [0.15, 0.2) is 0 Å². The van der Waals surface area contributed by atoms with E-state index in [9.17, 15) is 0 Å². The van der Waals surface area contributed by atoms with Gasteiger partial charge in [0.25, 0.3) is 0 Å². The minimum Gasteiger partial charge on any atom is -0.481 e. The Morgan fingerprint density at radius 3 is 2.92 bits per heavy atom. The van der Waals surface area contributed by atoms with Crippen LogP contribution >= 0.6 is 0 Å². The van der Waals surface area contributed by atoms with E-state index in [0.29, 0.717) is 12.3 Å². The molecule has 0 aliphatic heterocycles. The maximum Gasteiger partial charge on any atom is 0.217 e. The second-order valence-electron chi connectivity index (χ2n) is 2.46. The molecule has 0 spiro atoms. The first-order chi connectivity index (χ1) is 5.77. The van der Waals surface area contributed by atoms with Crippen LogP contribution in [0.25, 0.3) is 0 Å². The average Bonchev–Trinajstić information content (AvgIpc) is 2.08. The van der Waals surface area contributed by atoms with Crippen molar-refractivity contribution >= 4 is 0 Å². The van der Waals surface area contributed by atoms with E-state index in [1.54, 1.807) is 7.11 Å². The normalized spacial score (nSPS) is 9.08. The van der Waals surface area contributed by atoms with E-state index in [4.69, 9.17) is 10.00 Å². The molecule has 3 heteroatoms. The number of pyridine rings is 1. The maximum absolute atomic E-state index is 8.48. The van der Waals surface area contributed by atoms with Crippen molar-refractivity contribution in [1.82, 2.24) is 4.98 Å². The van der Waals surface area contributed by atoms with Crippen LogP contribution in [-0.4, -0.2) is 12.1 Å². The van der Waals surface area contributed by atoms with Crippen LogP contribution in [0.5, 0.6) is 5.88 Å². The van der Waals surface area contributed by atoms with Crippen molar-refractivity contribution in [3.05, 3.63) is 23.4 Å². The van der Waals surface area contributed by atoms with Gasteiger partial charge in [0.05, 0.1) is 19.6 Å². The summed E-state index contributed by atoms with van der Waals surface area (Å²) in [6.45, 7) is 1.89.